The van der Waals surface area contributed by atoms with Crippen molar-refractivity contribution in [3.63, 3.8) is 0 Å². The number of carboxylic acid groups (broad SMARTS) is 2. The molecule has 0 spiro atoms. The zero-order valence-corrected chi connectivity index (χ0v) is 13.1. The predicted molar refractivity (Wildman–Crippen MR) is 84.8 cm³/mol. The molecule has 0 saturated heterocycles. The number of aromatic carboxylic acids is 2. The van der Waals surface area contributed by atoms with Gasteiger partial charge in [-0.25, -0.2) is 9.59 Å². The Bertz CT molecular complexity index is 556. The van der Waals surface area contributed by atoms with Crippen LogP contribution in [0, 0.1) is 0 Å². The molecule has 120 valence electrons. The van der Waals surface area contributed by atoms with E-state index in [2.05, 4.69) is 6.92 Å². The summed E-state index contributed by atoms with van der Waals surface area (Å²) in [5, 5.41) is 19.0. The third kappa shape index (κ3) is 3.49. The van der Waals surface area contributed by atoms with Crippen LogP contribution < -0.4 is 0 Å². The molecule has 0 heterocycles. The molecule has 1 aliphatic carbocycles. The molecule has 4 heteroatoms. The number of hydrogen-bond acceptors (Lipinski definition) is 2. The fourth-order valence-electron chi connectivity index (χ4n) is 3.51. The number of aryl methyl sites for hydroxylation is 1. The molecule has 0 atom stereocenters. The zero-order chi connectivity index (χ0) is 16.1. The van der Waals surface area contributed by atoms with Crippen LogP contribution in [0.15, 0.2) is 12.1 Å². The lowest BCUT2D eigenvalue weighted by molar-refractivity contribution is 0.0649. The van der Waals surface area contributed by atoms with Crippen molar-refractivity contribution >= 4 is 11.9 Å². The van der Waals surface area contributed by atoms with Gasteiger partial charge in [-0.2, -0.15) is 0 Å². The first-order valence-corrected chi connectivity index (χ1v) is 8.18. The maximum Gasteiger partial charge on any atom is 0.336 e. The average Bonchev–Trinajstić information content (AvgIpc) is 2.52. The summed E-state index contributed by atoms with van der Waals surface area (Å²) in [5.74, 6) is -2.08. The molecule has 2 N–H and O–H groups in total. The second kappa shape index (κ2) is 7.43. The van der Waals surface area contributed by atoms with Gasteiger partial charge in [-0.05, 0) is 48.8 Å². The predicted octanol–water partition coefficient (Wildman–Crippen LogP) is 4.47. The Hall–Kier alpha value is -1.84. The highest BCUT2D eigenvalue weighted by molar-refractivity contribution is 6.03. The van der Waals surface area contributed by atoms with Crippen LogP contribution in [0.5, 0.6) is 0 Å². The standard InChI is InChI=1S/C18H24O4/c1-2-3-7-13-10-11-14(17(19)20)16(18(21)22)15(13)12-8-5-4-6-9-12/h10-12H,2-9H2,1H3,(H,19,20)(H,21,22). The number of benzene rings is 1. The van der Waals surface area contributed by atoms with Crippen molar-refractivity contribution in [2.75, 3.05) is 0 Å². The van der Waals surface area contributed by atoms with Gasteiger partial charge in [0, 0.05) is 0 Å². The maximum absolute atomic E-state index is 11.8. The molecule has 1 saturated carbocycles. The highest BCUT2D eigenvalue weighted by Crippen LogP contribution is 2.38. The second-order valence-electron chi connectivity index (χ2n) is 6.11. The van der Waals surface area contributed by atoms with Crippen LogP contribution >= 0.6 is 0 Å². The van der Waals surface area contributed by atoms with E-state index in [4.69, 9.17) is 0 Å². The van der Waals surface area contributed by atoms with Crippen molar-refractivity contribution in [1.29, 1.82) is 0 Å². The first kappa shape index (κ1) is 16.5. The van der Waals surface area contributed by atoms with Gasteiger partial charge in [0.05, 0.1) is 11.1 Å². The minimum Gasteiger partial charge on any atom is -0.478 e. The van der Waals surface area contributed by atoms with E-state index in [9.17, 15) is 19.8 Å². The van der Waals surface area contributed by atoms with Crippen LogP contribution in [0.2, 0.25) is 0 Å². The van der Waals surface area contributed by atoms with E-state index in [-0.39, 0.29) is 17.0 Å². The van der Waals surface area contributed by atoms with E-state index in [1.807, 2.05) is 6.07 Å². The lowest BCUT2D eigenvalue weighted by atomic mass is 9.78. The van der Waals surface area contributed by atoms with E-state index in [1.165, 1.54) is 12.5 Å². The van der Waals surface area contributed by atoms with Crippen LogP contribution in [0.1, 0.15) is 89.6 Å². The molecule has 0 radical (unpaired) electrons. The Kier molecular flexibility index (Phi) is 5.58. The molecule has 1 aliphatic rings. The summed E-state index contributed by atoms with van der Waals surface area (Å²) < 4.78 is 0. The Balaban J connectivity index is 2.57. The molecule has 1 aromatic rings. The molecular formula is C18H24O4. The highest BCUT2D eigenvalue weighted by Gasteiger charge is 2.28. The summed E-state index contributed by atoms with van der Waals surface area (Å²) >= 11 is 0. The molecular weight excluding hydrogens is 280 g/mol. The fourth-order valence-corrected chi connectivity index (χ4v) is 3.51. The largest absolute Gasteiger partial charge is 0.478 e. The molecule has 1 fully saturated rings. The van der Waals surface area contributed by atoms with Crippen molar-refractivity contribution in [2.45, 2.75) is 64.2 Å². The zero-order valence-electron chi connectivity index (χ0n) is 13.1. The molecule has 0 amide bonds. The maximum atomic E-state index is 11.8. The van der Waals surface area contributed by atoms with Gasteiger partial charge in [0.15, 0.2) is 0 Å². The molecule has 0 unspecified atom stereocenters. The third-order valence-corrected chi connectivity index (χ3v) is 4.59. The van der Waals surface area contributed by atoms with Gasteiger partial charge in [0.1, 0.15) is 0 Å². The van der Waals surface area contributed by atoms with Crippen molar-refractivity contribution in [2.24, 2.45) is 0 Å². The lowest BCUT2D eigenvalue weighted by Crippen LogP contribution is -2.18. The van der Waals surface area contributed by atoms with Gasteiger partial charge >= 0.3 is 11.9 Å². The Labute approximate surface area is 131 Å². The number of carbonyl (C=O) groups is 2. The summed E-state index contributed by atoms with van der Waals surface area (Å²) in [6.45, 7) is 2.10. The van der Waals surface area contributed by atoms with Crippen molar-refractivity contribution in [1.82, 2.24) is 0 Å². The monoisotopic (exact) mass is 304 g/mol. The molecule has 4 nitrogen and oxygen atoms in total. The summed E-state index contributed by atoms with van der Waals surface area (Å²) in [7, 11) is 0. The third-order valence-electron chi connectivity index (χ3n) is 4.59. The summed E-state index contributed by atoms with van der Waals surface area (Å²) in [5.41, 5.74) is 1.76. The smallest absolute Gasteiger partial charge is 0.336 e. The number of carboxylic acids is 2. The van der Waals surface area contributed by atoms with Gasteiger partial charge in [-0.3, -0.25) is 0 Å². The van der Waals surface area contributed by atoms with Crippen LogP contribution in [-0.4, -0.2) is 22.2 Å². The van der Waals surface area contributed by atoms with Crippen molar-refractivity contribution < 1.29 is 19.8 Å². The quantitative estimate of drug-likeness (QED) is 0.813. The molecule has 1 aromatic carbocycles. The van der Waals surface area contributed by atoms with Gasteiger partial charge in [-0.15, -0.1) is 0 Å². The molecule has 22 heavy (non-hydrogen) atoms. The van der Waals surface area contributed by atoms with Crippen molar-refractivity contribution in [3.8, 4) is 0 Å². The fraction of sp³-hybridized carbons (Fsp3) is 0.556. The average molecular weight is 304 g/mol. The van der Waals surface area contributed by atoms with E-state index in [0.717, 1.165) is 56.1 Å². The minimum atomic E-state index is -1.16. The highest BCUT2D eigenvalue weighted by atomic mass is 16.4. The first-order chi connectivity index (χ1) is 10.6. The van der Waals surface area contributed by atoms with Crippen LogP contribution in [-0.2, 0) is 6.42 Å². The van der Waals surface area contributed by atoms with Crippen LogP contribution in [0.25, 0.3) is 0 Å². The summed E-state index contributed by atoms with van der Waals surface area (Å²) in [6.07, 6.45) is 8.14. The minimum absolute atomic E-state index is 0.0213. The number of rotatable bonds is 6. The van der Waals surface area contributed by atoms with E-state index in [0.29, 0.717) is 0 Å². The normalized spacial score (nSPS) is 15.7. The van der Waals surface area contributed by atoms with Gasteiger partial charge < -0.3 is 10.2 Å². The Morgan fingerprint density at radius 1 is 1.09 bits per heavy atom. The van der Waals surface area contributed by atoms with Crippen LogP contribution in [0.4, 0.5) is 0 Å². The molecule has 2 rings (SSSR count). The number of unbranched alkanes of at least 4 members (excludes halogenated alkanes) is 1. The second-order valence-corrected chi connectivity index (χ2v) is 6.11. The Morgan fingerprint density at radius 2 is 1.77 bits per heavy atom. The first-order valence-electron chi connectivity index (χ1n) is 8.18. The molecule has 0 aromatic heterocycles. The number of hydrogen-bond donors (Lipinski definition) is 2. The topological polar surface area (TPSA) is 74.6 Å². The van der Waals surface area contributed by atoms with Gasteiger partial charge in [-0.1, -0.05) is 38.7 Å². The van der Waals surface area contributed by atoms with E-state index in [1.54, 1.807) is 0 Å². The van der Waals surface area contributed by atoms with Crippen LogP contribution in [0.3, 0.4) is 0 Å². The lowest BCUT2D eigenvalue weighted by Gasteiger charge is -2.26. The Morgan fingerprint density at radius 3 is 2.32 bits per heavy atom. The van der Waals surface area contributed by atoms with Gasteiger partial charge in [0.25, 0.3) is 0 Å². The van der Waals surface area contributed by atoms with Crippen molar-refractivity contribution in [3.05, 3.63) is 34.4 Å². The van der Waals surface area contributed by atoms with E-state index < -0.39 is 11.9 Å². The summed E-state index contributed by atoms with van der Waals surface area (Å²) in [4.78, 5) is 23.2. The summed E-state index contributed by atoms with van der Waals surface area (Å²) in [6, 6.07) is 3.29. The molecule has 0 aliphatic heterocycles. The van der Waals surface area contributed by atoms with E-state index >= 15 is 0 Å². The molecule has 0 bridgehead atoms. The SMILES string of the molecule is CCCCc1ccc(C(=O)O)c(C(=O)O)c1C1CCCCC1. The van der Waals surface area contributed by atoms with Gasteiger partial charge in [0.2, 0.25) is 0 Å².